The number of nitrogens with zero attached hydrogens (tertiary/aromatic N) is 1. The molecule has 4 atom stereocenters. The largest absolute Gasteiger partial charge is 0.497 e. The van der Waals surface area contributed by atoms with Crippen molar-refractivity contribution in [2.45, 2.75) is 19.3 Å². The molecule has 0 radical (unpaired) electrons. The van der Waals surface area contributed by atoms with Gasteiger partial charge in [0, 0.05) is 5.56 Å². The number of carbonyl (C=O) groups excluding carboxylic acids is 4. The Morgan fingerprint density at radius 3 is 2.22 bits per heavy atom. The van der Waals surface area contributed by atoms with Crippen LogP contribution in [0.2, 0.25) is 0 Å². The predicted molar refractivity (Wildman–Crippen MR) is 114 cm³/mol. The fraction of sp³-hybridized carbons (Fsp3) is 0.360. The summed E-state index contributed by atoms with van der Waals surface area (Å²) >= 11 is 0. The van der Waals surface area contributed by atoms with Crippen LogP contribution in [0.1, 0.15) is 40.0 Å². The van der Waals surface area contributed by atoms with E-state index in [2.05, 4.69) is 0 Å². The molecular formula is C25H23NO6. The number of hydrogen-bond acceptors (Lipinski definition) is 6. The molecule has 1 aliphatic heterocycles. The molecule has 2 aromatic rings. The van der Waals surface area contributed by atoms with Gasteiger partial charge in [0.25, 0.3) is 0 Å². The van der Waals surface area contributed by atoms with Crippen LogP contribution in [0.5, 0.6) is 5.75 Å². The summed E-state index contributed by atoms with van der Waals surface area (Å²) in [6.07, 6.45) is 2.98. The third-order valence-electron chi connectivity index (χ3n) is 7.01. The molecule has 0 N–H and O–H groups in total. The normalized spacial score (nSPS) is 25.7. The van der Waals surface area contributed by atoms with Gasteiger partial charge in [0.05, 0.1) is 30.2 Å². The number of benzene rings is 2. The first kappa shape index (κ1) is 20.4. The predicted octanol–water partition coefficient (Wildman–Crippen LogP) is 3.27. The van der Waals surface area contributed by atoms with Crippen LogP contribution in [0.15, 0.2) is 48.5 Å². The number of methoxy groups -OCH3 is 1. The van der Waals surface area contributed by atoms with Crippen molar-refractivity contribution in [2.75, 3.05) is 18.6 Å². The number of rotatable bonds is 6. The molecule has 32 heavy (non-hydrogen) atoms. The Morgan fingerprint density at radius 2 is 1.59 bits per heavy atom. The smallest absolute Gasteiger partial charge is 0.338 e. The Labute approximate surface area is 185 Å². The quantitative estimate of drug-likeness (QED) is 0.395. The van der Waals surface area contributed by atoms with Crippen molar-refractivity contribution in [1.29, 1.82) is 0 Å². The van der Waals surface area contributed by atoms with E-state index < -0.39 is 12.6 Å². The third kappa shape index (κ3) is 3.28. The van der Waals surface area contributed by atoms with Crippen molar-refractivity contribution in [3.8, 4) is 5.75 Å². The topological polar surface area (TPSA) is 90.0 Å². The van der Waals surface area contributed by atoms with Crippen molar-refractivity contribution >= 4 is 29.3 Å². The number of ketones is 1. The lowest BCUT2D eigenvalue weighted by atomic mass is 9.81. The first-order valence-electron chi connectivity index (χ1n) is 10.8. The molecule has 3 aliphatic rings. The van der Waals surface area contributed by atoms with E-state index in [0.29, 0.717) is 28.8 Å². The molecule has 3 fully saturated rings. The van der Waals surface area contributed by atoms with Crippen molar-refractivity contribution in [3.05, 3.63) is 59.7 Å². The average Bonchev–Trinajstić information content (AvgIpc) is 3.51. The van der Waals surface area contributed by atoms with E-state index >= 15 is 0 Å². The fourth-order valence-corrected chi connectivity index (χ4v) is 5.51. The third-order valence-corrected chi connectivity index (χ3v) is 7.01. The molecule has 2 saturated carbocycles. The van der Waals surface area contributed by atoms with Gasteiger partial charge in [0.1, 0.15) is 5.75 Å². The molecule has 2 aliphatic carbocycles. The lowest BCUT2D eigenvalue weighted by Crippen LogP contribution is -2.32. The molecule has 7 heteroatoms. The maximum absolute atomic E-state index is 13.0. The molecule has 2 bridgehead atoms. The summed E-state index contributed by atoms with van der Waals surface area (Å²) < 4.78 is 10.2. The fourth-order valence-electron chi connectivity index (χ4n) is 5.51. The number of ether oxygens (including phenoxy) is 2. The highest BCUT2D eigenvalue weighted by Crippen LogP contribution is 2.56. The number of fused-ring (bicyclic) bond motifs is 5. The molecule has 0 aromatic heterocycles. The van der Waals surface area contributed by atoms with Gasteiger partial charge in [0.2, 0.25) is 11.8 Å². The zero-order valence-corrected chi connectivity index (χ0v) is 17.7. The number of carbonyl (C=O) groups is 4. The minimum Gasteiger partial charge on any atom is -0.497 e. The first-order valence-corrected chi connectivity index (χ1v) is 10.8. The van der Waals surface area contributed by atoms with Crippen molar-refractivity contribution < 1.29 is 28.7 Å². The monoisotopic (exact) mass is 433 g/mol. The SMILES string of the molecule is COc1ccc(C(=O)COC(=O)c2cccc(N3C(=O)[C@@H]4[C@H]5CC[C@@H](C5)[C@H]4C3=O)c2)cc1. The summed E-state index contributed by atoms with van der Waals surface area (Å²) in [5, 5.41) is 0. The molecule has 1 heterocycles. The Bertz CT molecular complexity index is 1080. The molecule has 7 nitrogen and oxygen atoms in total. The molecule has 0 spiro atoms. The Morgan fingerprint density at radius 1 is 0.938 bits per heavy atom. The minimum absolute atomic E-state index is 0.160. The number of amides is 2. The van der Waals surface area contributed by atoms with E-state index in [1.807, 2.05) is 0 Å². The molecule has 2 aromatic carbocycles. The highest BCUT2D eigenvalue weighted by molar-refractivity contribution is 6.22. The molecule has 2 amide bonds. The molecule has 164 valence electrons. The lowest BCUT2D eigenvalue weighted by Gasteiger charge is -2.19. The van der Waals surface area contributed by atoms with Gasteiger partial charge in [-0.05, 0) is 73.6 Å². The standard InChI is InChI=1S/C25H23NO6/c1-31-19-9-7-14(8-10-19)20(27)13-32-25(30)17-3-2-4-18(12-17)26-23(28)21-15-5-6-16(11-15)22(21)24(26)29/h2-4,7-10,12,15-16,21-22H,5-6,11,13H2,1H3/t15-,16-,21+,22+/m0/s1. The summed E-state index contributed by atoms with van der Waals surface area (Å²) in [6.45, 7) is -0.412. The van der Waals surface area contributed by atoms with Crippen LogP contribution in [0.25, 0.3) is 0 Å². The zero-order valence-electron chi connectivity index (χ0n) is 17.7. The van der Waals surface area contributed by atoms with Crippen molar-refractivity contribution in [3.63, 3.8) is 0 Å². The van der Waals surface area contributed by atoms with Gasteiger partial charge in [0.15, 0.2) is 12.4 Å². The van der Waals surface area contributed by atoms with E-state index in [4.69, 9.17) is 9.47 Å². The second kappa shape index (κ2) is 7.89. The average molecular weight is 433 g/mol. The Hall–Kier alpha value is -3.48. The van der Waals surface area contributed by atoms with E-state index in [1.54, 1.807) is 42.5 Å². The number of anilines is 1. The van der Waals surface area contributed by atoms with Crippen LogP contribution >= 0.6 is 0 Å². The summed E-state index contributed by atoms with van der Waals surface area (Å²) in [4.78, 5) is 52.1. The first-order chi connectivity index (χ1) is 15.5. The van der Waals surface area contributed by atoms with E-state index in [-0.39, 0.29) is 35.0 Å². The van der Waals surface area contributed by atoms with Crippen molar-refractivity contribution in [2.24, 2.45) is 23.7 Å². The van der Waals surface area contributed by atoms with Crippen molar-refractivity contribution in [1.82, 2.24) is 0 Å². The van der Waals surface area contributed by atoms with E-state index in [0.717, 1.165) is 19.3 Å². The van der Waals surface area contributed by atoms with Gasteiger partial charge < -0.3 is 9.47 Å². The van der Waals surface area contributed by atoms with Crippen LogP contribution in [0.3, 0.4) is 0 Å². The van der Waals surface area contributed by atoms with Gasteiger partial charge in [-0.3, -0.25) is 19.3 Å². The van der Waals surface area contributed by atoms with Crippen LogP contribution in [0.4, 0.5) is 5.69 Å². The van der Waals surface area contributed by atoms with Crippen LogP contribution < -0.4 is 9.64 Å². The van der Waals surface area contributed by atoms with Gasteiger partial charge in [-0.2, -0.15) is 0 Å². The highest BCUT2D eigenvalue weighted by atomic mass is 16.5. The second-order valence-corrected chi connectivity index (χ2v) is 8.67. The maximum atomic E-state index is 13.0. The van der Waals surface area contributed by atoms with Gasteiger partial charge in [-0.15, -0.1) is 0 Å². The lowest BCUT2D eigenvalue weighted by molar-refractivity contribution is -0.123. The van der Waals surface area contributed by atoms with Crippen LogP contribution in [-0.4, -0.2) is 37.3 Å². The Balaban J connectivity index is 1.28. The van der Waals surface area contributed by atoms with Crippen LogP contribution in [0, 0.1) is 23.7 Å². The number of esters is 1. The van der Waals surface area contributed by atoms with Gasteiger partial charge in [-0.1, -0.05) is 6.07 Å². The summed E-state index contributed by atoms with van der Waals surface area (Å²) in [6, 6.07) is 12.8. The van der Waals surface area contributed by atoms with Gasteiger partial charge in [-0.25, -0.2) is 4.79 Å². The van der Waals surface area contributed by atoms with E-state index in [9.17, 15) is 19.2 Å². The van der Waals surface area contributed by atoms with Crippen LogP contribution in [-0.2, 0) is 14.3 Å². The second-order valence-electron chi connectivity index (χ2n) is 8.67. The highest BCUT2D eigenvalue weighted by Gasteiger charge is 2.61. The van der Waals surface area contributed by atoms with E-state index in [1.165, 1.54) is 18.1 Å². The number of imide groups is 1. The minimum atomic E-state index is -0.687. The molecular weight excluding hydrogens is 410 g/mol. The molecule has 1 saturated heterocycles. The molecule has 0 unspecified atom stereocenters. The summed E-state index contributed by atoms with van der Waals surface area (Å²) in [7, 11) is 1.53. The summed E-state index contributed by atoms with van der Waals surface area (Å²) in [5.41, 5.74) is 0.970. The number of Topliss-reactive ketones (excluding diaryl/α,β-unsaturated/α-hetero) is 1. The Kier molecular flexibility index (Phi) is 5.04. The maximum Gasteiger partial charge on any atom is 0.338 e. The number of hydrogen-bond donors (Lipinski definition) is 0. The zero-order chi connectivity index (χ0) is 22.4. The summed E-state index contributed by atoms with van der Waals surface area (Å²) in [5.74, 6) is -0.582. The van der Waals surface area contributed by atoms with Gasteiger partial charge >= 0.3 is 5.97 Å². The molecule has 5 rings (SSSR count).